The van der Waals surface area contributed by atoms with Crippen LogP contribution < -0.4 is 0 Å². The average Bonchev–Trinajstić information content (AvgIpc) is 2.85. The molecule has 0 saturated carbocycles. The predicted octanol–water partition coefficient (Wildman–Crippen LogP) is 1.35. The number of rotatable bonds is 5. The Labute approximate surface area is 134 Å². The van der Waals surface area contributed by atoms with E-state index in [1.807, 2.05) is 0 Å². The molecule has 2 aliphatic heterocycles. The Morgan fingerprint density at radius 3 is 2.70 bits per heavy atom. The SMILES string of the molecule is O=CC1=C(C(=O)OCc2ccc([N+](=O)[O-])cc2)N2C(=O)C[C@H]2S1. The normalized spacial score (nSPS) is 19.2. The monoisotopic (exact) mass is 334 g/mol. The molecule has 0 bridgehead atoms. The van der Waals surface area contributed by atoms with Crippen molar-refractivity contribution < 1.29 is 24.0 Å². The molecule has 0 unspecified atom stereocenters. The Morgan fingerprint density at radius 2 is 2.13 bits per heavy atom. The maximum atomic E-state index is 12.1. The van der Waals surface area contributed by atoms with Crippen LogP contribution in [0.4, 0.5) is 5.69 Å². The number of non-ortho nitro benzene ring substituents is 1. The van der Waals surface area contributed by atoms with Gasteiger partial charge in [-0.05, 0) is 17.7 Å². The average molecular weight is 334 g/mol. The van der Waals surface area contributed by atoms with Gasteiger partial charge in [-0.2, -0.15) is 0 Å². The van der Waals surface area contributed by atoms with E-state index in [4.69, 9.17) is 4.74 Å². The molecule has 1 atom stereocenters. The molecule has 1 aromatic carbocycles. The van der Waals surface area contributed by atoms with Crippen LogP contribution in [-0.4, -0.2) is 33.4 Å². The zero-order valence-corrected chi connectivity index (χ0v) is 12.4. The number of nitro groups is 1. The lowest BCUT2D eigenvalue weighted by molar-refractivity contribution is -0.384. The number of aldehydes is 1. The van der Waals surface area contributed by atoms with E-state index >= 15 is 0 Å². The molecule has 2 heterocycles. The van der Waals surface area contributed by atoms with E-state index in [1.165, 1.54) is 40.9 Å². The summed E-state index contributed by atoms with van der Waals surface area (Å²) in [6, 6.07) is 5.56. The van der Waals surface area contributed by atoms with Gasteiger partial charge in [0.2, 0.25) is 5.91 Å². The van der Waals surface area contributed by atoms with E-state index in [1.54, 1.807) is 0 Å². The number of nitrogens with zero attached hydrogens (tertiary/aromatic N) is 2. The van der Waals surface area contributed by atoms with Crippen LogP contribution in [0.15, 0.2) is 34.9 Å². The second kappa shape index (κ2) is 5.84. The summed E-state index contributed by atoms with van der Waals surface area (Å²) in [7, 11) is 0. The minimum absolute atomic E-state index is 0.0202. The summed E-state index contributed by atoms with van der Waals surface area (Å²) in [5, 5.41) is 10.4. The van der Waals surface area contributed by atoms with Gasteiger partial charge in [0.05, 0.1) is 21.6 Å². The summed E-state index contributed by atoms with van der Waals surface area (Å²) in [4.78, 5) is 46.2. The molecule has 118 valence electrons. The molecular formula is C14H10N2O6S. The molecule has 1 fully saturated rings. The van der Waals surface area contributed by atoms with Crippen LogP contribution in [0.2, 0.25) is 0 Å². The van der Waals surface area contributed by atoms with Gasteiger partial charge in [-0.15, -0.1) is 0 Å². The summed E-state index contributed by atoms with van der Waals surface area (Å²) in [6.45, 7) is -0.107. The van der Waals surface area contributed by atoms with E-state index in [0.717, 1.165) is 0 Å². The van der Waals surface area contributed by atoms with Gasteiger partial charge < -0.3 is 4.74 Å². The number of esters is 1. The fourth-order valence-electron chi connectivity index (χ4n) is 2.29. The minimum Gasteiger partial charge on any atom is -0.456 e. The van der Waals surface area contributed by atoms with E-state index in [-0.39, 0.29) is 34.2 Å². The molecule has 0 N–H and O–H groups in total. The number of benzene rings is 1. The quantitative estimate of drug-likeness (QED) is 0.263. The van der Waals surface area contributed by atoms with Crippen molar-refractivity contribution in [3.05, 3.63) is 50.5 Å². The van der Waals surface area contributed by atoms with Crippen LogP contribution in [0, 0.1) is 10.1 Å². The number of allylic oxidation sites excluding steroid dienone is 1. The molecule has 1 amide bonds. The Morgan fingerprint density at radius 1 is 1.43 bits per heavy atom. The molecule has 0 radical (unpaired) electrons. The highest BCUT2D eigenvalue weighted by molar-refractivity contribution is 8.04. The van der Waals surface area contributed by atoms with Gasteiger partial charge in [0.15, 0.2) is 6.29 Å². The number of amides is 1. The van der Waals surface area contributed by atoms with Crippen molar-refractivity contribution in [3.63, 3.8) is 0 Å². The largest absolute Gasteiger partial charge is 0.456 e. The lowest BCUT2D eigenvalue weighted by Crippen LogP contribution is -2.48. The van der Waals surface area contributed by atoms with Crippen molar-refractivity contribution in [3.8, 4) is 0 Å². The van der Waals surface area contributed by atoms with E-state index in [0.29, 0.717) is 18.3 Å². The standard InChI is InChI=1S/C14H10N2O6S/c17-6-10-13(15-11(18)5-12(15)23-10)14(19)22-7-8-1-3-9(4-2-8)16(20)21/h1-4,6,12H,5,7H2/t12-/m1/s1. The number of hydrogen-bond acceptors (Lipinski definition) is 7. The van der Waals surface area contributed by atoms with Crippen LogP contribution in [0.5, 0.6) is 0 Å². The van der Waals surface area contributed by atoms with Crippen LogP contribution in [0.1, 0.15) is 12.0 Å². The lowest BCUT2D eigenvalue weighted by atomic mass is 10.1. The van der Waals surface area contributed by atoms with Crippen LogP contribution in [-0.2, 0) is 25.7 Å². The van der Waals surface area contributed by atoms with Crippen molar-refractivity contribution >= 4 is 35.6 Å². The first-order valence-corrected chi connectivity index (χ1v) is 7.48. The first-order chi connectivity index (χ1) is 11.0. The molecule has 3 rings (SSSR count). The van der Waals surface area contributed by atoms with Gasteiger partial charge >= 0.3 is 5.97 Å². The maximum Gasteiger partial charge on any atom is 0.356 e. The number of β-lactam (4-membered cyclic amide) rings is 1. The number of ether oxygens (including phenoxy) is 1. The smallest absolute Gasteiger partial charge is 0.356 e. The van der Waals surface area contributed by atoms with Crippen LogP contribution >= 0.6 is 11.8 Å². The predicted molar refractivity (Wildman–Crippen MR) is 78.8 cm³/mol. The highest BCUT2D eigenvalue weighted by Gasteiger charge is 2.48. The van der Waals surface area contributed by atoms with E-state index in [2.05, 4.69) is 0 Å². The Bertz CT molecular complexity index is 742. The number of hydrogen-bond donors (Lipinski definition) is 0. The van der Waals surface area contributed by atoms with E-state index in [9.17, 15) is 24.5 Å². The first-order valence-electron chi connectivity index (χ1n) is 6.60. The number of carbonyl (C=O) groups excluding carboxylic acids is 3. The van der Waals surface area contributed by atoms with Gasteiger partial charge in [0.25, 0.3) is 5.69 Å². The molecule has 9 heteroatoms. The van der Waals surface area contributed by atoms with Crippen molar-refractivity contribution in [1.29, 1.82) is 0 Å². The van der Waals surface area contributed by atoms with Crippen molar-refractivity contribution in [1.82, 2.24) is 4.90 Å². The first kappa shape index (κ1) is 15.2. The Balaban J connectivity index is 1.68. The van der Waals surface area contributed by atoms with Gasteiger partial charge in [0, 0.05) is 12.1 Å². The fraction of sp³-hybridized carbons (Fsp3) is 0.214. The fourth-order valence-corrected chi connectivity index (χ4v) is 3.48. The third-order valence-corrected chi connectivity index (χ3v) is 4.65. The second-order valence-corrected chi connectivity index (χ2v) is 6.09. The third-order valence-electron chi connectivity index (χ3n) is 3.46. The summed E-state index contributed by atoms with van der Waals surface area (Å²) in [5.41, 5.74) is 0.481. The zero-order valence-electron chi connectivity index (χ0n) is 11.6. The van der Waals surface area contributed by atoms with Crippen molar-refractivity contribution in [2.24, 2.45) is 0 Å². The number of carbonyl (C=O) groups is 3. The molecule has 0 aromatic heterocycles. The van der Waals surface area contributed by atoms with E-state index < -0.39 is 10.9 Å². The number of thioether (sulfide) groups is 1. The maximum absolute atomic E-state index is 12.1. The Kier molecular flexibility index (Phi) is 3.87. The summed E-state index contributed by atoms with van der Waals surface area (Å²) < 4.78 is 5.11. The summed E-state index contributed by atoms with van der Waals surface area (Å²) in [6.07, 6.45) is 0.833. The van der Waals surface area contributed by atoms with Crippen molar-refractivity contribution in [2.45, 2.75) is 18.4 Å². The van der Waals surface area contributed by atoms with Crippen LogP contribution in [0.25, 0.3) is 0 Å². The van der Waals surface area contributed by atoms with Gasteiger partial charge in [-0.25, -0.2) is 4.79 Å². The second-order valence-electron chi connectivity index (χ2n) is 4.87. The highest BCUT2D eigenvalue weighted by Crippen LogP contribution is 2.45. The molecule has 23 heavy (non-hydrogen) atoms. The minimum atomic E-state index is -0.756. The Hall–Kier alpha value is -2.68. The highest BCUT2D eigenvalue weighted by atomic mass is 32.2. The summed E-state index contributed by atoms with van der Waals surface area (Å²) in [5.74, 6) is -0.977. The van der Waals surface area contributed by atoms with Gasteiger partial charge in [0.1, 0.15) is 12.3 Å². The van der Waals surface area contributed by atoms with Gasteiger partial charge in [-0.3, -0.25) is 24.6 Å². The molecular weight excluding hydrogens is 324 g/mol. The molecule has 0 spiro atoms. The molecule has 2 aliphatic rings. The molecule has 1 saturated heterocycles. The molecule has 8 nitrogen and oxygen atoms in total. The number of nitro benzene ring substituents is 1. The summed E-state index contributed by atoms with van der Waals surface area (Å²) >= 11 is 1.17. The van der Waals surface area contributed by atoms with Crippen molar-refractivity contribution in [2.75, 3.05) is 0 Å². The lowest BCUT2D eigenvalue weighted by Gasteiger charge is -2.34. The third kappa shape index (κ3) is 2.70. The van der Waals surface area contributed by atoms with Crippen LogP contribution in [0.3, 0.4) is 0 Å². The number of fused-ring (bicyclic) bond motifs is 1. The van der Waals surface area contributed by atoms with Gasteiger partial charge in [-0.1, -0.05) is 11.8 Å². The topological polar surface area (TPSA) is 107 Å². The zero-order chi connectivity index (χ0) is 16.6. The molecule has 1 aromatic rings. The molecule has 0 aliphatic carbocycles.